The molecule has 1 N–H and O–H groups in total. The number of fused-ring (bicyclic) bond motifs is 2. The van der Waals surface area contributed by atoms with E-state index in [4.69, 9.17) is 9.72 Å². The standard InChI is InChI=1S/C31H33N5O2/c1-4-29(37)35-17-16-24(18-20(35)2)32-26-13-11-22-19-23(10-12-25(22)26)30-31(21-8-6-5-7-9-21)36-27(33-30)14-15-28(34-36)38-3/h4-10,12,14-15,19-20,24,26,32H,1,11,13,16-18H2,2-3H3/t20-,24?,26?/m1/s1. The lowest BCUT2D eigenvalue weighted by Gasteiger charge is -2.38. The van der Waals surface area contributed by atoms with Crippen LogP contribution in [-0.4, -0.2) is 51.1 Å². The number of hydrogen-bond acceptors (Lipinski definition) is 5. The van der Waals surface area contributed by atoms with Crippen LogP contribution in [0.25, 0.3) is 28.2 Å². The fourth-order valence-electron chi connectivity index (χ4n) is 6.07. The zero-order chi connectivity index (χ0) is 26.2. The first-order chi connectivity index (χ1) is 18.6. The van der Waals surface area contributed by atoms with Crippen LogP contribution < -0.4 is 10.1 Å². The van der Waals surface area contributed by atoms with E-state index >= 15 is 0 Å². The summed E-state index contributed by atoms with van der Waals surface area (Å²) in [6, 6.07) is 21.8. The molecule has 1 aliphatic heterocycles. The predicted octanol–water partition coefficient (Wildman–Crippen LogP) is 5.21. The molecule has 6 rings (SSSR count). The average molecular weight is 508 g/mol. The van der Waals surface area contributed by atoms with Crippen molar-refractivity contribution in [2.24, 2.45) is 0 Å². The van der Waals surface area contributed by atoms with E-state index < -0.39 is 0 Å². The Labute approximate surface area is 223 Å². The molecule has 1 aliphatic carbocycles. The smallest absolute Gasteiger partial charge is 0.246 e. The second kappa shape index (κ2) is 10.1. The molecule has 0 radical (unpaired) electrons. The number of rotatable bonds is 6. The Morgan fingerprint density at radius 3 is 2.71 bits per heavy atom. The van der Waals surface area contributed by atoms with Gasteiger partial charge in [-0.2, -0.15) is 0 Å². The number of amides is 1. The summed E-state index contributed by atoms with van der Waals surface area (Å²) in [7, 11) is 1.63. The number of nitrogens with zero attached hydrogens (tertiary/aromatic N) is 4. The van der Waals surface area contributed by atoms with Gasteiger partial charge < -0.3 is 15.0 Å². The van der Waals surface area contributed by atoms with Gasteiger partial charge in [-0.3, -0.25) is 4.79 Å². The van der Waals surface area contributed by atoms with Crippen LogP contribution in [0, 0.1) is 0 Å². The minimum atomic E-state index is 0.0325. The van der Waals surface area contributed by atoms with Crippen molar-refractivity contribution in [3.05, 3.63) is 84.4 Å². The second-order valence-corrected chi connectivity index (χ2v) is 10.3. The Morgan fingerprint density at radius 1 is 1.11 bits per heavy atom. The van der Waals surface area contributed by atoms with Crippen LogP contribution in [0.1, 0.15) is 43.4 Å². The molecule has 2 unspecified atom stereocenters. The molecule has 4 aromatic rings. The normalized spacial score (nSPS) is 20.9. The van der Waals surface area contributed by atoms with Gasteiger partial charge in [0, 0.05) is 41.9 Å². The fourth-order valence-corrected chi connectivity index (χ4v) is 6.07. The van der Waals surface area contributed by atoms with Crippen molar-refractivity contribution in [3.63, 3.8) is 0 Å². The molecule has 38 heavy (non-hydrogen) atoms. The van der Waals surface area contributed by atoms with Crippen LogP contribution in [0.5, 0.6) is 5.88 Å². The highest BCUT2D eigenvalue weighted by Crippen LogP contribution is 2.38. The van der Waals surface area contributed by atoms with Gasteiger partial charge in [-0.05, 0) is 61.9 Å². The van der Waals surface area contributed by atoms with Crippen molar-refractivity contribution in [2.75, 3.05) is 13.7 Å². The molecule has 194 valence electrons. The molecular formula is C31H33N5O2. The van der Waals surface area contributed by atoms with Gasteiger partial charge in [0.05, 0.1) is 12.8 Å². The lowest BCUT2D eigenvalue weighted by Crippen LogP contribution is -2.49. The number of piperidine rings is 1. The first-order valence-corrected chi connectivity index (χ1v) is 13.4. The fraction of sp³-hybridized carbons (Fsp3) is 0.323. The molecule has 1 amide bonds. The predicted molar refractivity (Wildman–Crippen MR) is 149 cm³/mol. The van der Waals surface area contributed by atoms with E-state index in [1.807, 2.05) is 39.7 Å². The van der Waals surface area contributed by atoms with Crippen molar-refractivity contribution in [3.8, 4) is 28.4 Å². The Kier molecular flexibility index (Phi) is 6.45. The summed E-state index contributed by atoms with van der Waals surface area (Å²) in [5, 5.41) is 8.59. The SMILES string of the molecule is C=CC(=O)N1CCC(NC2CCc3cc(-c4nc5ccc(OC)nn5c4-c4ccccc4)ccc32)C[C@H]1C. The van der Waals surface area contributed by atoms with Crippen molar-refractivity contribution in [1.29, 1.82) is 0 Å². The third-order valence-corrected chi connectivity index (χ3v) is 7.97. The quantitative estimate of drug-likeness (QED) is 0.363. The number of methoxy groups -OCH3 is 1. The molecule has 1 saturated heterocycles. The van der Waals surface area contributed by atoms with Gasteiger partial charge in [0.2, 0.25) is 11.8 Å². The van der Waals surface area contributed by atoms with Crippen LogP contribution in [0.4, 0.5) is 0 Å². The highest BCUT2D eigenvalue weighted by molar-refractivity contribution is 5.87. The van der Waals surface area contributed by atoms with Gasteiger partial charge in [0.15, 0.2) is 5.65 Å². The minimum Gasteiger partial charge on any atom is -0.480 e. The number of aryl methyl sites for hydroxylation is 1. The van der Waals surface area contributed by atoms with Crippen LogP contribution in [0.3, 0.4) is 0 Å². The lowest BCUT2D eigenvalue weighted by molar-refractivity contribution is -0.129. The van der Waals surface area contributed by atoms with Crippen LogP contribution in [0.2, 0.25) is 0 Å². The number of likely N-dealkylation sites (tertiary alicyclic amines) is 1. The molecule has 0 saturated carbocycles. The van der Waals surface area contributed by atoms with Crippen LogP contribution in [-0.2, 0) is 11.2 Å². The molecule has 3 atom stereocenters. The third-order valence-electron chi connectivity index (χ3n) is 7.97. The number of nitrogens with one attached hydrogen (secondary N) is 1. The summed E-state index contributed by atoms with van der Waals surface area (Å²) in [5.41, 5.74) is 7.56. The van der Waals surface area contributed by atoms with E-state index in [-0.39, 0.29) is 11.9 Å². The molecule has 2 aliphatic rings. The zero-order valence-corrected chi connectivity index (χ0v) is 21.9. The third kappa shape index (κ3) is 4.37. The molecule has 3 heterocycles. The summed E-state index contributed by atoms with van der Waals surface area (Å²) in [6.45, 7) is 6.55. The largest absolute Gasteiger partial charge is 0.480 e. The van der Waals surface area contributed by atoms with E-state index in [2.05, 4.69) is 54.2 Å². The van der Waals surface area contributed by atoms with Crippen molar-refractivity contribution in [1.82, 2.24) is 24.8 Å². The maximum Gasteiger partial charge on any atom is 0.246 e. The number of aromatic nitrogens is 3. The molecule has 1 fully saturated rings. The average Bonchev–Trinajstić information content (AvgIpc) is 3.53. The first-order valence-electron chi connectivity index (χ1n) is 13.4. The van der Waals surface area contributed by atoms with Crippen molar-refractivity contribution < 1.29 is 9.53 Å². The van der Waals surface area contributed by atoms with E-state index in [9.17, 15) is 4.79 Å². The van der Waals surface area contributed by atoms with Gasteiger partial charge in [0.1, 0.15) is 5.69 Å². The number of benzene rings is 2. The number of imidazole rings is 1. The van der Waals surface area contributed by atoms with E-state index in [0.29, 0.717) is 18.0 Å². The molecule has 2 aromatic carbocycles. The molecule has 0 bridgehead atoms. The maximum atomic E-state index is 12.1. The number of ether oxygens (including phenoxy) is 1. The minimum absolute atomic E-state index is 0.0325. The number of hydrogen-bond donors (Lipinski definition) is 1. The van der Waals surface area contributed by atoms with E-state index in [0.717, 1.165) is 60.4 Å². The first kappa shape index (κ1) is 24.4. The summed E-state index contributed by atoms with van der Waals surface area (Å²) < 4.78 is 7.28. The number of carbonyl (C=O) groups excluding carboxylic acids is 1. The van der Waals surface area contributed by atoms with E-state index in [1.54, 1.807) is 7.11 Å². The highest BCUT2D eigenvalue weighted by Gasteiger charge is 2.31. The Bertz CT molecular complexity index is 1500. The second-order valence-electron chi connectivity index (χ2n) is 10.3. The summed E-state index contributed by atoms with van der Waals surface area (Å²) >= 11 is 0. The molecule has 0 spiro atoms. The lowest BCUT2D eigenvalue weighted by atomic mass is 9.96. The highest BCUT2D eigenvalue weighted by atomic mass is 16.5. The van der Waals surface area contributed by atoms with Gasteiger partial charge in [-0.1, -0.05) is 49.0 Å². The molecule has 2 aromatic heterocycles. The van der Waals surface area contributed by atoms with Crippen LogP contribution >= 0.6 is 0 Å². The Hall–Kier alpha value is -3.97. The van der Waals surface area contributed by atoms with Gasteiger partial charge in [0.25, 0.3) is 0 Å². The maximum absolute atomic E-state index is 12.1. The Balaban J connectivity index is 1.29. The van der Waals surface area contributed by atoms with E-state index in [1.165, 1.54) is 17.2 Å². The molecule has 7 nitrogen and oxygen atoms in total. The van der Waals surface area contributed by atoms with Gasteiger partial charge >= 0.3 is 0 Å². The monoisotopic (exact) mass is 507 g/mol. The molecule has 7 heteroatoms. The van der Waals surface area contributed by atoms with Gasteiger partial charge in [-0.25, -0.2) is 9.50 Å². The summed E-state index contributed by atoms with van der Waals surface area (Å²) in [4.78, 5) is 19.0. The number of carbonyl (C=O) groups is 1. The summed E-state index contributed by atoms with van der Waals surface area (Å²) in [5.74, 6) is 0.584. The topological polar surface area (TPSA) is 71.8 Å². The summed E-state index contributed by atoms with van der Waals surface area (Å²) in [6.07, 6.45) is 5.46. The van der Waals surface area contributed by atoms with Crippen LogP contribution in [0.15, 0.2) is 73.3 Å². The zero-order valence-electron chi connectivity index (χ0n) is 21.9. The van der Waals surface area contributed by atoms with Crippen molar-refractivity contribution >= 4 is 11.6 Å². The Morgan fingerprint density at radius 2 is 1.95 bits per heavy atom. The van der Waals surface area contributed by atoms with Crippen molar-refractivity contribution in [2.45, 2.75) is 50.7 Å². The molecular weight excluding hydrogens is 474 g/mol. The van der Waals surface area contributed by atoms with Gasteiger partial charge in [-0.15, -0.1) is 5.10 Å².